The van der Waals surface area contributed by atoms with Crippen molar-refractivity contribution in [3.63, 3.8) is 0 Å². The van der Waals surface area contributed by atoms with E-state index in [0.717, 1.165) is 11.1 Å². The van der Waals surface area contributed by atoms with Gasteiger partial charge in [-0.05, 0) is 30.2 Å². The van der Waals surface area contributed by atoms with Crippen LogP contribution < -0.4 is 10.5 Å². The van der Waals surface area contributed by atoms with Crippen molar-refractivity contribution in [1.29, 1.82) is 0 Å². The molecule has 0 radical (unpaired) electrons. The first kappa shape index (κ1) is 10.6. The van der Waals surface area contributed by atoms with E-state index in [-0.39, 0.29) is 5.75 Å². The number of hydrogen-bond donors (Lipinski definition) is 2. The van der Waals surface area contributed by atoms with Crippen molar-refractivity contribution in [1.82, 2.24) is 0 Å². The Balaban J connectivity index is 3.09. The van der Waals surface area contributed by atoms with Gasteiger partial charge in [0.1, 0.15) is 0 Å². The first-order chi connectivity index (χ1) is 6.69. The van der Waals surface area contributed by atoms with Crippen LogP contribution in [0.25, 0.3) is 6.08 Å². The minimum Gasteiger partial charge on any atom is -0.504 e. The van der Waals surface area contributed by atoms with Crippen molar-refractivity contribution in [2.75, 3.05) is 13.7 Å². The summed E-state index contributed by atoms with van der Waals surface area (Å²) >= 11 is 0. The van der Waals surface area contributed by atoms with Crippen LogP contribution >= 0.6 is 0 Å². The van der Waals surface area contributed by atoms with Crippen LogP contribution in [0.15, 0.2) is 18.2 Å². The lowest BCUT2D eigenvalue weighted by molar-refractivity contribution is 0.371. The van der Waals surface area contributed by atoms with Crippen molar-refractivity contribution < 1.29 is 9.84 Å². The minimum absolute atomic E-state index is 0.192. The first-order valence-electron chi connectivity index (χ1n) is 4.43. The van der Waals surface area contributed by atoms with Gasteiger partial charge in [0, 0.05) is 6.54 Å². The molecule has 14 heavy (non-hydrogen) atoms. The van der Waals surface area contributed by atoms with Crippen molar-refractivity contribution in [2.45, 2.75) is 6.92 Å². The van der Waals surface area contributed by atoms with Gasteiger partial charge in [-0.15, -0.1) is 0 Å². The third-order valence-electron chi connectivity index (χ3n) is 1.95. The van der Waals surface area contributed by atoms with Crippen LogP contribution in [-0.2, 0) is 0 Å². The third-order valence-corrected chi connectivity index (χ3v) is 1.95. The Hall–Kier alpha value is -1.48. The molecule has 0 heterocycles. The van der Waals surface area contributed by atoms with Gasteiger partial charge in [-0.1, -0.05) is 12.2 Å². The van der Waals surface area contributed by atoms with Gasteiger partial charge >= 0.3 is 0 Å². The van der Waals surface area contributed by atoms with Crippen LogP contribution in [-0.4, -0.2) is 18.8 Å². The molecular weight excluding hydrogens is 178 g/mol. The maximum absolute atomic E-state index is 9.57. The van der Waals surface area contributed by atoms with Gasteiger partial charge in [0.05, 0.1) is 7.11 Å². The van der Waals surface area contributed by atoms with Crippen LogP contribution in [0.1, 0.15) is 11.1 Å². The van der Waals surface area contributed by atoms with Gasteiger partial charge < -0.3 is 15.6 Å². The molecule has 3 nitrogen and oxygen atoms in total. The molecule has 1 rings (SSSR count). The zero-order chi connectivity index (χ0) is 10.6. The van der Waals surface area contributed by atoms with E-state index in [2.05, 4.69) is 0 Å². The summed E-state index contributed by atoms with van der Waals surface area (Å²) in [5, 5.41) is 9.57. The predicted octanol–water partition coefficient (Wildman–Crippen LogP) is 1.68. The van der Waals surface area contributed by atoms with Gasteiger partial charge in [-0.2, -0.15) is 0 Å². The second-order valence-electron chi connectivity index (χ2n) is 3.03. The fourth-order valence-corrected chi connectivity index (χ4v) is 1.23. The average molecular weight is 193 g/mol. The third kappa shape index (κ3) is 2.26. The summed E-state index contributed by atoms with van der Waals surface area (Å²) in [6.45, 7) is 2.33. The second-order valence-corrected chi connectivity index (χ2v) is 3.03. The summed E-state index contributed by atoms with van der Waals surface area (Å²) in [5.41, 5.74) is 7.11. The summed E-state index contributed by atoms with van der Waals surface area (Å²) in [6, 6.07) is 3.65. The average Bonchev–Trinajstić information content (AvgIpc) is 2.19. The molecule has 0 aliphatic heterocycles. The molecule has 0 aliphatic carbocycles. The zero-order valence-electron chi connectivity index (χ0n) is 8.45. The predicted molar refractivity (Wildman–Crippen MR) is 57.5 cm³/mol. The number of aromatic hydroxyl groups is 1. The topological polar surface area (TPSA) is 55.5 Å². The van der Waals surface area contributed by atoms with E-state index >= 15 is 0 Å². The van der Waals surface area contributed by atoms with Crippen molar-refractivity contribution in [3.8, 4) is 11.5 Å². The van der Waals surface area contributed by atoms with Crippen LogP contribution in [0, 0.1) is 6.92 Å². The fraction of sp³-hybridized carbons (Fsp3) is 0.273. The quantitative estimate of drug-likeness (QED) is 0.768. The van der Waals surface area contributed by atoms with E-state index in [9.17, 15) is 5.11 Å². The molecule has 0 fully saturated rings. The van der Waals surface area contributed by atoms with E-state index in [0.29, 0.717) is 12.3 Å². The smallest absolute Gasteiger partial charge is 0.161 e. The number of methoxy groups -OCH3 is 1. The van der Waals surface area contributed by atoms with Crippen LogP contribution in [0.3, 0.4) is 0 Å². The largest absolute Gasteiger partial charge is 0.504 e. The molecule has 0 saturated heterocycles. The summed E-state index contributed by atoms with van der Waals surface area (Å²) < 4.78 is 5.03. The molecule has 1 aromatic rings. The number of rotatable bonds is 3. The Morgan fingerprint density at radius 3 is 2.79 bits per heavy atom. The maximum atomic E-state index is 9.57. The van der Waals surface area contributed by atoms with Crippen LogP contribution in [0.4, 0.5) is 0 Å². The van der Waals surface area contributed by atoms with Crippen LogP contribution in [0.5, 0.6) is 11.5 Å². The van der Waals surface area contributed by atoms with E-state index in [4.69, 9.17) is 10.5 Å². The highest BCUT2D eigenvalue weighted by atomic mass is 16.5. The Morgan fingerprint density at radius 1 is 1.50 bits per heavy atom. The SMILES string of the molecule is COc1cc(/C=C/CN)cc(C)c1O. The van der Waals surface area contributed by atoms with Gasteiger partial charge in [-0.3, -0.25) is 0 Å². The zero-order valence-corrected chi connectivity index (χ0v) is 8.45. The highest BCUT2D eigenvalue weighted by Crippen LogP contribution is 2.31. The highest BCUT2D eigenvalue weighted by molar-refractivity contribution is 5.58. The Kier molecular flexibility index (Phi) is 3.54. The molecule has 3 N–H and O–H groups in total. The number of nitrogens with two attached hydrogens (primary N) is 1. The number of phenols is 1. The highest BCUT2D eigenvalue weighted by Gasteiger charge is 2.05. The molecule has 0 unspecified atom stereocenters. The molecule has 0 bridgehead atoms. The normalized spacial score (nSPS) is 10.8. The molecule has 0 saturated carbocycles. The number of aryl methyl sites for hydroxylation is 1. The van der Waals surface area contributed by atoms with Gasteiger partial charge in [-0.25, -0.2) is 0 Å². The Labute approximate surface area is 83.8 Å². The van der Waals surface area contributed by atoms with E-state index in [1.54, 1.807) is 6.07 Å². The van der Waals surface area contributed by atoms with Crippen molar-refractivity contribution in [2.24, 2.45) is 5.73 Å². The molecule has 0 aliphatic rings. The molecular formula is C11H15NO2. The molecule has 0 atom stereocenters. The number of phenolic OH excluding ortho intramolecular Hbond substituents is 1. The summed E-state index contributed by atoms with van der Waals surface area (Å²) in [7, 11) is 1.53. The fourth-order valence-electron chi connectivity index (χ4n) is 1.23. The lowest BCUT2D eigenvalue weighted by atomic mass is 10.1. The molecule has 0 amide bonds. The second kappa shape index (κ2) is 4.67. The molecule has 0 aromatic heterocycles. The van der Waals surface area contributed by atoms with Gasteiger partial charge in [0.25, 0.3) is 0 Å². The van der Waals surface area contributed by atoms with Gasteiger partial charge in [0.2, 0.25) is 0 Å². The van der Waals surface area contributed by atoms with E-state index in [1.807, 2.05) is 25.1 Å². The lowest BCUT2D eigenvalue weighted by Crippen LogP contribution is -1.92. The number of hydrogen-bond acceptors (Lipinski definition) is 3. The number of benzene rings is 1. The van der Waals surface area contributed by atoms with Crippen molar-refractivity contribution >= 4 is 6.08 Å². The summed E-state index contributed by atoms with van der Waals surface area (Å²) in [6.07, 6.45) is 3.75. The van der Waals surface area contributed by atoms with Crippen molar-refractivity contribution in [3.05, 3.63) is 29.3 Å². The monoisotopic (exact) mass is 193 g/mol. The summed E-state index contributed by atoms with van der Waals surface area (Å²) in [5.74, 6) is 0.680. The molecule has 1 aromatic carbocycles. The number of ether oxygens (including phenoxy) is 1. The summed E-state index contributed by atoms with van der Waals surface area (Å²) in [4.78, 5) is 0. The Morgan fingerprint density at radius 2 is 2.21 bits per heavy atom. The minimum atomic E-state index is 0.192. The molecule has 3 heteroatoms. The van der Waals surface area contributed by atoms with Gasteiger partial charge in [0.15, 0.2) is 11.5 Å². The lowest BCUT2D eigenvalue weighted by Gasteiger charge is -2.07. The van der Waals surface area contributed by atoms with E-state index < -0.39 is 0 Å². The maximum Gasteiger partial charge on any atom is 0.161 e. The molecule has 76 valence electrons. The van der Waals surface area contributed by atoms with E-state index in [1.165, 1.54) is 7.11 Å². The molecule has 0 spiro atoms. The van der Waals surface area contributed by atoms with Crippen LogP contribution in [0.2, 0.25) is 0 Å². The first-order valence-corrected chi connectivity index (χ1v) is 4.43. The standard InChI is InChI=1S/C11H15NO2/c1-8-6-9(4-3-5-12)7-10(14-2)11(8)13/h3-4,6-7,13H,5,12H2,1-2H3/b4-3+. The Bertz CT molecular complexity index is 345.